The molecule has 4 heteroatoms. The molecule has 0 aliphatic heterocycles. The van der Waals surface area contributed by atoms with Gasteiger partial charge in [-0.05, 0) is 30.0 Å². The second-order valence-electron chi connectivity index (χ2n) is 3.38. The smallest absolute Gasteiger partial charge is 0.387 e. The highest BCUT2D eigenvalue weighted by Gasteiger charge is 2.09. The Morgan fingerprint density at radius 1 is 1.44 bits per heavy atom. The fourth-order valence-electron chi connectivity index (χ4n) is 1.47. The average Bonchev–Trinajstić information content (AvgIpc) is 2.27. The maximum atomic E-state index is 12.1. The topological polar surface area (TPSA) is 26.3 Å². The standard InChI is InChI=1S/C12H14F2O2/c1-2-9-5-6-11(16-12(13)14)10(8-9)4-3-7-15/h5-8,12H,2-4H2,1H3. The Morgan fingerprint density at radius 3 is 2.75 bits per heavy atom. The number of halogens is 2. The molecule has 16 heavy (non-hydrogen) atoms. The van der Waals surface area contributed by atoms with Crippen molar-refractivity contribution in [1.82, 2.24) is 0 Å². The number of rotatable bonds is 6. The summed E-state index contributed by atoms with van der Waals surface area (Å²) in [6.45, 7) is -0.852. The Morgan fingerprint density at radius 2 is 2.19 bits per heavy atom. The molecule has 0 spiro atoms. The van der Waals surface area contributed by atoms with Crippen molar-refractivity contribution in [3.63, 3.8) is 0 Å². The average molecular weight is 228 g/mol. The molecule has 0 unspecified atom stereocenters. The van der Waals surface area contributed by atoms with Crippen molar-refractivity contribution in [1.29, 1.82) is 0 Å². The van der Waals surface area contributed by atoms with Gasteiger partial charge >= 0.3 is 6.61 Å². The van der Waals surface area contributed by atoms with Gasteiger partial charge in [-0.25, -0.2) is 0 Å². The monoisotopic (exact) mass is 228 g/mol. The van der Waals surface area contributed by atoms with Gasteiger partial charge in [-0.15, -0.1) is 0 Å². The van der Waals surface area contributed by atoms with Crippen LogP contribution in [-0.2, 0) is 17.6 Å². The highest BCUT2D eigenvalue weighted by molar-refractivity contribution is 5.51. The van der Waals surface area contributed by atoms with Crippen LogP contribution in [0, 0.1) is 0 Å². The molecule has 1 rings (SSSR count). The largest absolute Gasteiger partial charge is 0.435 e. The molecule has 0 aliphatic carbocycles. The molecule has 88 valence electrons. The first-order chi connectivity index (χ1) is 7.67. The minimum absolute atomic E-state index is 0.161. The molecule has 0 amide bonds. The van der Waals surface area contributed by atoms with E-state index in [9.17, 15) is 13.6 Å². The Bertz CT molecular complexity index is 351. The van der Waals surface area contributed by atoms with Crippen LogP contribution in [0.2, 0.25) is 0 Å². The van der Waals surface area contributed by atoms with Crippen molar-refractivity contribution in [3.8, 4) is 5.75 Å². The van der Waals surface area contributed by atoms with E-state index in [-0.39, 0.29) is 5.75 Å². The highest BCUT2D eigenvalue weighted by Crippen LogP contribution is 2.23. The lowest BCUT2D eigenvalue weighted by atomic mass is 10.0. The summed E-state index contributed by atoms with van der Waals surface area (Å²) in [5.74, 6) is 0.161. The van der Waals surface area contributed by atoms with Crippen LogP contribution in [0.4, 0.5) is 8.78 Å². The van der Waals surface area contributed by atoms with Gasteiger partial charge in [0.1, 0.15) is 12.0 Å². The molecule has 0 heterocycles. The molecule has 2 nitrogen and oxygen atoms in total. The third-order valence-corrected chi connectivity index (χ3v) is 2.28. The van der Waals surface area contributed by atoms with E-state index >= 15 is 0 Å². The van der Waals surface area contributed by atoms with Crippen molar-refractivity contribution in [2.24, 2.45) is 0 Å². The van der Waals surface area contributed by atoms with Crippen molar-refractivity contribution < 1.29 is 18.3 Å². The second kappa shape index (κ2) is 6.20. The first-order valence-corrected chi connectivity index (χ1v) is 5.17. The van der Waals surface area contributed by atoms with Gasteiger partial charge in [-0.2, -0.15) is 8.78 Å². The normalized spacial score (nSPS) is 10.5. The zero-order valence-corrected chi connectivity index (χ0v) is 9.08. The molecule has 0 bridgehead atoms. The van der Waals surface area contributed by atoms with E-state index in [2.05, 4.69) is 4.74 Å². The Hall–Kier alpha value is -1.45. The van der Waals surface area contributed by atoms with Crippen LogP contribution in [-0.4, -0.2) is 12.9 Å². The molecule has 0 atom stereocenters. The van der Waals surface area contributed by atoms with Crippen LogP contribution in [0.1, 0.15) is 24.5 Å². The van der Waals surface area contributed by atoms with E-state index in [4.69, 9.17) is 0 Å². The highest BCUT2D eigenvalue weighted by atomic mass is 19.3. The van der Waals surface area contributed by atoms with Gasteiger partial charge in [0.25, 0.3) is 0 Å². The Balaban J connectivity index is 2.91. The predicted octanol–water partition coefficient (Wildman–Crippen LogP) is 2.98. The zero-order chi connectivity index (χ0) is 12.0. The summed E-state index contributed by atoms with van der Waals surface area (Å²) in [7, 11) is 0. The van der Waals surface area contributed by atoms with Gasteiger partial charge in [0.05, 0.1) is 0 Å². The molecule has 0 aromatic heterocycles. The van der Waals surface area contributed by atoms with Crippen LogP contribution < -0.4 is 4.74 Å². The molecule has 0 aliphatic rings. The number of carbonyl (C=O) groups is 1. The summed E-state index contributed by atoms with van der Waals surface area (Å²) in [5, 5.41) is 0. The quantitative estimate of drug-likeness (QED) is 0.700. The summed E-state index contributed by atoms with van der Waals surface area (Å²) in [6.07, 6.45) is 2.33. The van der Waals surface area contributed by atoms with Crippen LogP contribution in [0.5, 0.6) is 5.75 Å². The summed E-state index contributed by atoms with van der Waals surface area (Å²) in [4.78, 5) is 10.3. The third-order valence-electron chi connectivity index (χ3n) is 2.28. The minimum atomic E-state index is -2.83. The number of ether oxygens (including phenoxy) is 1. The van der Waals surface area contributed by atoms with Crippen molar-refractivity contribution in [2.75, 3.05) is 0 Å². The summed E-state index contributed by atoms with van der Waals surface area (Å²) >= 11 is 0. The van der Waals surface area contributed by atoms with Gasteiger partial charge < -0.3 is 9.53 Å². The first kappa shape index (κ1) is 12.6. The van der Waals surface area contributed by atoms with Crippen LogP contribution in [0.25, 0.3) is 0 Å². The number of benzene rings is 1. The SMILES string of the molecule is CCc1ccc(OC(F)F)c(CCC=O)c1. The van der Waals surface area contributed by atoms with Gasteiger partial charge in [0.2, 0.25) is 0 Å². The Labute approximate surface area is 93.2 Å². The zero-order valence-electron chi connectivity index (χ0n) is 9.08. The lowest BCUT2D eigenvalue weighted by Crippen LogP contribution is -2.05. The molecule has 0 saturated carbocycles. The van der Waals surface area contributed by atoms with E-state index in [0.29, 0.717) is 18.4 Å². The van der Waals surface area contributed by atoms with Crippen molar-refractivity contribution >= 4 is 6.29 Å². The second-order valence-corrected chi connectivity index (χ2v) is 3.38. The predicted molar refractivity (Wildman–Crippen MR) is 56.8 cm³/mol. The summed E-state index contributed by atoms with van der Waals surface area (Å²) < 4.78 is 28.6. The van der Waals surface area contributed by atoms with E-state index in [0.717, 1.165) is 18.3 Å². The number of hydrogen-bond donors (Lipinski definition) is 0. The van der Waals surface area contributed by atoms with Crippen molar-refractivity contribution in [2.45, 2.75) is 32.8 Å². The van der Waals surface area contributed by atoms with Gasteiger partial charge in [0, 0.05) is 6.42 Å². The maximum Gasteiger partial charge on any atom is 0.387 e. The fraction of sp³-hybridized carbons (Fsp3) is 0.417. The minimum Gasteiger partial charge on any atom is -0.435 e. The lowest BCUT2D eigenvalue weighted by Gasteiger charge is -2.11. The molecular weight excluding hydrogens is 214 g/mol. The van der Waals surface area contributed by atoms with E-state index in [1.807, 2.05) is 6.92 Å². The number of carbonyl (C=O) groups excluding carboxylic acids is 1. The molecule has 0 radical (unpaired) electrons. The molecule has 0 fully saturated rings. The summed E-state index contributed by atoms with van der Waals surface area (Å²) in [6, 6.07) is 5.09. The van der Waals surface area contributed by atoms with Gasteiger partial charge in [0.15, 0.2) is 0 Å². The van der Waals surface area contributed by atoms with Gasteiger partial charge in [-0.1, -0.05) is 19.1 Å². The number of aldehydes is 1. The molecule has 1 aromatic carbocycles. The lowest BCUT2D eigenvalue weighted by molar-refractivity contribution is -0.107. The Kier molecular flexibility index (Phi) is 4.89. The van der Waals surface area contributed by atoms with E-state index in [1.165, 1.54) is 6.07 Å². The molecule has 0 N–H and O–H groups in total. The molecular formula is C12H14F2O2. The van der Waals surface area contributed by atoms with Crippen LogP contribution in [0.15, 0.2) is 18.2 Å². The molecule has 0 saturated heterocycles. The number of alkyl halides is 2. The fourth-order valence-corrected chi connectivity index (χ4v) is 1.47. The van der Waals surface area contributed by atoms with E-state index < -0.39 is 6.61 Å². The van der Waals surface area contributed by atoms with E-state index in [1.54, 1.807) is 12.1 Å². The van der Waals surface area contributed by atoms with Crippen molar-refractivity contribution in [3.05, 3.63) is 29.3 Å². The third kappa shape index (κ3) is 3.61. The van der Waals surface area contributed by atoms with Crippen LogP contribution >= 0.6 is 0 Å². The molecule has 1 aromatic rings. The summed E-state index contributed by atoms with van der Waals surface area (Å²) in [5.41, 5.74) is 1.70. The number of aryl methyl sites for hydroxylation is 2. The first-order valence-electron chi connectivity index (χ1n) is 5.17. The number of hydrogen-bond acceptors (Lipinski definition) is 2. The maximum absolute atomic E-state index is 12.1. The van der Waals surface area contributed by atoms with Gasteiger partial charge in [-0.3, -0.25) is 0 Å². The van der Waals surface area contributed by atoms with Crippen LogP contribution in [0.3, 0.4) is 0 Å².